The first-order chi connectivity index (χ1) is 6.33. The quantitative estimate of drug-likeness (QED) is 0.571. The third-order valence-electron chi connectivity index (χ3n) is 2.86. The van der Waals surface area contributed by atoms with Gasteiger partial charge in [0.25, 0.3) is 0 Å². The van der Waals surface area contributed by atoms with Crippen LogP contribution in [0.1, 0.15) is 20.8 Å². The molecule has 0 radical (unpaired) electrons. The van der Waals surface area contributed by atoms with Crippen LogP contribution in [-0.4, -0.2) is 31.4 Å². The van der Waals surface area contributed by atoms with Crippen molar-refractivity contribution in [1.82, 2.24) is 0 Å². The molecule has 1 rings (SSSR count). The molecule has 0 aromatic heterocycles. The van der Waals surface area contributed by atoms with Gasteiger partial charge in [-0.05, 0) is 23.9 Å². The first-order valence-electron chi connectivity index (χ1n) is 4.98. The van der Waals surface area contributed by atoms with E-state index in [0.29, 0.717) is 0 Å². The number of rotatable bonds is 2. The van der Waals surface area contributed by atoms with Crippen LogP contribution in [0.5, 0.6) is 5.75 Å². The molecule has 1 aromatic rings. The molecule has 86 valence electrons. The van der Waals surface area contributed by atoms with Crippen molar-refractivity contribution in [2.75, 3.05) is 0 Å². The zero-order valence-electron chi connectivity index (χ0n) is 10.8. The number of benzene rings is 1. The smallest absolute Gasteiger partial charge is 1.00 e. The summed E-state index contributed by atoms with van der Waals surface area (Å²) in [7, 11) is -1.67. The Morgan fingerprint density at radius 2 is 1.81 bits per heavy atom. The minimum atomic E-state index is -1.67. The Morgan fingerprint density at radius 1 is 1.25 bits per heavy atom. The van der Waals surface area contributed by atoms with Gasteiger partial charge in [0.15, 0.2) is 0 Å². The molecule has 0 saturated carbocycles. The van der Waals surface area contributed by atoms with E-state index in [4.69, 9.17) is 4.43 Å². The van der Waals surface area contributed by atoms with Gasteiger partial charge in [0, 0.05) is 0 Å². The average molecular weight is 312 g/mol. The summed E-state index contributed by atoms with van der Waals surface area (Å²) in [5, 5.41) is 0.253. The molecule has 0 fully saturated rings. The number of hydrogen-bond acceptors (Lipinski definition) is 1. The van der Waals surface area contributed by atoms with Gasteiger partial charge in [-0.15, -0.1) is 12.1 Å². The minimum absolute atomic E-state index is 0. The predicted octanol–water partition coefficient (Wildman–Crippen LogP) is 0.494. The molecule has 0 saturated heterocycles. The molecule has 0 aliphatic carbocycles. The largest absolute Gasteiger partial charge is 2.00 e. The summed E-state index contributed by atoms with van der Waals surface area (Å²) >= 11 is 0. The van der Waals surface area contributed by atoms with Crippen molar-refractivity contribution >= 4 is 31.4 Å². The van der Waals surface area contributed by atoms with Crippen molar-refractivity contribution in [2.24, 2.45) is 0 Å². The molecular formula is C12H19BrMgOSi. The van der Waals surface area contributed by atoms with E-state index in [1.165, 1.54) is 0 Å². The van der Waals surface area contributed by atoms with Gasteiger partial charge in [0.05, 0.1) is 0 Å². The fraction of sp³-hybridized carbons (Fsp3) is 0.500. The van der Waals surface area contributed by atoms with Crippen LogP contribution >= 0.6 is 0 Å². The zero-order valence-corrected chi connectivity index (χ0v) is 14.8. The van der Waals surface area contributed by atoms with Crippen LogP contribution in [-0.2, 0) is 0 Å². The van der Waals surface area contributed by atoms with Gasteiger partial charge in [0.2, 0.25) is 8.32 Å². The molecular weight excluding hydrogens is 292 g/mol. The second-order valence-electron chi connectivity index (χ2n) is 5.10. The van der Waals surface area contributed by atoms with E-state index in [9.17, 15) is 0 Å². The van der Waals surface area contributed by atoms with E-state index in [1.54, 1.807) is 0 Å². The van der Waals surface area contributed by atoms with Crippen molar-refractivity contribution in [3.8, 4) is 5.75 Å². The Morgan fingerprint density at radius 3 is 2.19 bits per heavy atom. The fourth-order valence-electron chi connectivity index (χ4n) is 0.888. The fourth-order valence-corrected chi connectivity index (χ4v) is 1.91. The average Bonchev–Trinajstić information content (AvgIpc) is 2.03. The first-order valence-corrected chi connectivity index (χ1v) is 7.89. The van der Waals surface area contributed by atoms with Gasteiger partial charge < -0.3 is 21.4 Å². The summed E-state index contributed by atoms with van der Waals surface area (Å²) in [5.74, 6) is 0.944. The minimum Gasteiger partial charge on any atom is -1.00 e. The van der Waals surface area contributed by atoms with E-state index in [-0.39, 0.29) is 45.1 Å². The Hall–Kier alpha value is 0.483. The van der Waals surface area contributed by atoms with Crippen molar-refractivity contribution in [1.29, 1.82) is 0 Å². The Kier molecular flexibility index (Phi) is 8.29. The first kappa shape index (κ1) is 18.8. The van der Waals surface area contributed by atoms with Crippen molar-refractivity contribution in [2.45, 2.75) is 38.9 Å². The maximum Gasteiger partial charge on any atom is 2.00 e. The standard InChI is InChI=1S/C12H19OSi.BrH.Mg/c1-12(2,3)14(4,5)13-11-9-7-6-8-10-11;;/h6-7,9-10H,1-5H3;1H;/q-1;;+2/p-1. The molecule has 0 aliphatic rings. The molecule has 0 aliphatic heterocycles. The van der Waals surface area contributed by atoms with Crippen LogP contribution in [0.15, 0.2) is 24.3 Å². The maximum absolute atomic E-state index is 6.07. The monoisotopic (exact) mass is 310 g/mol. The summed E-state index contributed by atoms with van der Waals surface area (Å²) in [6.45, 7) is 11.2. The van der Waals surface area contributed by atoms with E-state index in [1.807, 2.05) is 24.3 Å². The topological polar surface area (TPSA) is 9.23 Å². The molecule has 0 spiro atoms. The normalized spacial score (nSPS) is 11.1. The SMILES string of the molecule is CC(C)(C)[Si](C)(C)Oc1c[c-]ccc1.[Br-].[Mg+2]. The summed E-state index contributed by atoms with van der Waals surface area (Å²) in [6.07, 6.45) is 0. The van der Waals surface area contributed by atoms with E-state index in [2.05, 4.69) is 39.9 Å². The van der Waals surface area contributed by atoms with Gasteiger partial charge in [-0.3, -0.25) is 0 Å². The molecule has 1 nitrogen and oxygen atoms in total. The van der Waals surface area contributed by atoms with Crippen molar-refractivity contribution in [3.63, 3.8) is 0 Å². The summed E-state index contributed by atoms with van der Waals surface area (Å²) in [4.78, 5) is 0. The summed E-state index contributed by atoms with van der Waals surface area (Å²) < 4.78 is 6.07. The number of halogens is 1. The van der Waals surface area contributed by atoms with Gasteiger partial charge in [0.1, 0.15) is 0 Å². The van der Waals surface area contributed by atoms with Crippen LogP contribution in [0, 0.1) is 6.07 Å². The van der Waals surface area contributed by atoms with Gasteiger partial charge >= 0.3 is 23.1 Å². The van der Waals surface area contributed by atoms with E-state index in [0.717, 1.165) is 5.75 Å². The molecule has 4 heteroatoms. The molecule has 0 N–H and O–H groups in total. The Bertz CT molecular complexity index is 296. The summed E-state index contributed by atoms with van der Waals surface area (Å²) in [5.41, 5.74) is 0. The second-order valence-corrected chi connectivity index (χ2v) is 9.83. The van der Waals surface area contributed by atoms with E-state index < -0.39 is 8.32 Å². The molecule has 1 aromatic carbocycles. The summed E-state index contributed by atoms with van der Waals surface area (Å²) in [6, 6.07) is 10.8. The third kappa shape index (κ3) is 5.21. The van der Waals surface area contributed by atoms with Crippen LogP contribution < -0.4 is 21.4 Å². The molecule has 0 unspecified atom stereocenters. The maximum atomic E-state index is 6.07. The van der Waals surface area contributed by atoms with Crippen LogP contribution in [0.3, 0.4) is 0 Å². The van der Waals surface area contributed by atoms with Crippen LogP contribution in [0.2, 0.25) is 18.1 Å². The molecule has 0 bridgehead atoms. The number of hydrogen-bond donors (Lipinski definition) is 0. The van der Waals surface area contributed by atoms with Gasteiger partial charge in [-0.1, -0.05) is 20.8 Å². The van der Waals surface area contributed by atoms with E-state index >= 15 is 0 Å². The van der Waals surface area contributed by atoms with Crippen molar-refractivity contribution in [3.05, 3.63) is 30.3 Å². The second kappa shape index (κ2) is 7.04. The Labute approximate surface area is 127 Å². The molecule has 16 heavy (non-hydrogen) atoms. The molecule has 0 amide bonds. The zero-order chi connectivity index (χ0) is 10.8. The third-order valence-corrected chi connectivity index (χ3v) is 7.22. The van der Waals surface area contributed by atoms with Crippen LogP contribution in [0.4, 0.5) is 0 Å². The van der Waals surface area contributed by atoms with Gasteiger partial charge in [-0.25, -0.2) is 0 Å². The van der Waals surface area contributed by atoms with Crippen molar-refractivity contribution < 1.29 is 21.4 Å². The van der Waals surface area contributed by atoms with Gasteiger partial charge in [-0.2, -0.15) is 18.2 Å². The molecule has 0 heterocycles. The van der Waals surface area contributed by atoms with Crippen LogP contribution in [0.25, 0.3) is 0 Å². The molecule has 0 atom stereocenters. The predicted molar refractivity (Wildman–Crippen MR) is 68.9 cm³/mol. The Balaban J connectivity index is 0.